The number of amides is 2. The van der Waals surface area contributed by atoms with Crippen LogP contribution in [-0.4, -0.2) is 41.9 Å². The molecule has 0 spiro atoms. The summed E-state index contributed by atoms with van der Waals surface area (Å²) in [7, 11) is 0. The van der Waals surface area contributed by atoms with Crippen LogP contribution in [0.5, 0.6) is 0 Å². The van der Waals surface area contributed by atoms with Crippen LogP contribution >= 0.6 is 0 Å². The van der Waals surface area contributed by atoms with E-state index in [4.69, 9.17) is 5.73 Å². The van der Waals surface area contributed by atoms with Crippen LogP contribution in [0.15, 0.2) is 30.3 Å². The van der Waals surface area contributed by atoms with Gasteiger partial charge in [0, 0.05) is 30.6 Å². The van der Waals surface area contributed by atoms with E-state index < -0.39 is 5.91 Å². The molecule has 2 aliphatic rings. The maximum Gasteiger partial charge on any atom is 0.312 e. The Kier molecular flexibility index (Phi) is 4.90. The molecule has 2 amide bonds. The zero-order valence-electron chi connectivity index (χ0n) is 14.3. The normalized spacial score (nSPS) is 29.2. The predicted octanol–water partition coefficient (Wildman–Crippen LogP) is 1.56. The molecule has 1 aliphatic heterocycles. The van der Waals surface area contributed by atoms with Crippen LogP contribution in [0.3, 0.4) is 0 Å². The monoisotopic (exact) mass is 329 g/mol. The summed E-state index contributed by atoms with van der Waals surface area (Å²) in [5.74, 6) is -0.830. The summed E-state index contributed by atoms with van der Waals surface area (Å²) in [6.45, 7) is 3.32. The minimum absolute atomic E-state index is 0.0351. The van der Waals surface area contributed by atoms with Crippen molar-refractivity contribution >= 4 is 11.8 Å². The van der Waals surface area contributed by atoms with Crippen molar-refractivity contribution in [3.63, 3.8) is 0 Å². The Balaban J connectivity index is 1.57. The number of likely N-dealkylation sites (tertiary alicyclic amines) is 1. The lowest BCUT2D eigenvalue weighted by molar-refractivity contribution is -0.147. The van der Waals surface area contributed by atoms with Gasteiger partial charge in [-0.15, -0.1) is 0 Å². The van der Waals surface area contributed by atoms with Crippen LogP contribution in [-0.2, 0) is 15.0 Å². The summed E-state index contributed by atoms with van der Waals surface area (Å²) in [6, 6.07) is 10.5. The highest BCUT2D eigenvalue weighted by Crippen LogP contribution is 2.43. The van der Waals surface area contributed by atoms with Gasteiger partial charge in [0.15, 0.2) is 0 Å². The lowest BCUT2D eigenvalue weighted by Crippen LogP contribution is -2.58. The molecule has 1 heterocycles. The second-order valence-corrected chi connectivity index (χ2v) is 7.13. The average molecular weight is 329 g/mol. The van der Waals surface area contributed by atoms with Crippen molar-refractivity contribution in [2.45, 2.75) is 56.5 Å². The number of hydrogen-bond acceptors (Lipinski definition) is 3. The molecule has 2 fully saturated rings. The first-order chi connectivity index (χ1) is 11.6. The van der Waals surface area contributed by atoms with Crippen LogP contribution in [0.4, 0.5) is 0 Å². The lowest BCUT2D eigenvalue weighted by Gasteiger charge is -2.47. The third kappa shape index (κ3) is 3.05. The van der Waals surface area contributed by atoms with E-state index >= 15 is 0 Å². The smallest absolute Gasteiger partial charge is 0.312 e. The Labute approximate surface area is 143 Å². The number of nitrogens with two attached hydrogens (primary N) is 1. The molecule has 1 saturated carbocycles. The van der Waals surface area contributed by atoms with Crippen molar-refractivity contribution in [1.29, 1.82) is 0 Å². The molecular weight excluding hydrogens is 302 g/mol. The Hall–Kier alpha value is -1.88. The van der Waals surface area contributed by atoms with Crippen molar-refractivity contribution in [2.75, 3.05) is 13.1 Å². The molecular formula is C19H27N3O2. The Morgan fingerprint density at radius 1 is 1.29 bits per heavy atom. The highest BCUT2D eigenvalue weighted by Gasteiger charge is 2.45. The zero-order chi connectivity index (χ0) is 17.2. The number of benzene rings is 1. The van der Waals surface area contributed by atoms with E-state index in [1.165, 1.54) is 5.56 Å². The lowest BCUT2D eigenvalue weighted by atomic mass is 9.61. The minimum atomic E-state index is -0.459. The molecule has 1 atom stereocenters. The largest absolute Gasteiger partial charge is 0.345 e. The molecule has 0 bridgehead atoms. The number of hydrogen-bond donors (Lipinski definition) is 2. The first kappa shape index (κ1) is 17.0. The van der Waals surface area contributed by atoms with E-state index in [0.717, 1.165) is 32.1 Å². The fourth-order valence-electron chi connectivity index (χ4n) is 4.20. The highest BCUT2D eigenvalue weighted by molar-refractivity contribution is 6.35. The Bertz CT molecular complexity index is 596. The molecule has 5 nitrogen and oxygen atoms in total. The van der Waals surface area contributed by atoms with Gasteiger partial charge in [-0.05, 0) is 37.7 Å². The van der Waals surface area contributed by atoms with Gasteiger partial charge in [-0.3, -0.25) is 9.59 Å². The summed E-state index contributed by atoms with van der Waals surface area (Å²) in [6.07, 6.45) is 4.49. The van der Waals surface area contributed by atoms with Crippen molar-refractivity contribution < 1.29 is 9.59 Å². The van der Waals surface area contributed by atoms with Gasteiger partial charge in [-0.25, -0.2) is 0 Å². The van der Waals surface area contributed by atoms with Crippen LogP contribution in [0.2, 0.25) is 0 Å². The molecule has 0 aromatic heterocycles. The van der Waals surface area contributed by atoms with Crippen LogP contribution in [0, 0.1) is 0 Å². The van der Waals surface area contributed by atoms with Crippen LogP contribution < -0.4 is 11.1 Å². The van der Waals surface area contributed by atoms with E-state index in [0.29, 0.717) is 13.1 Å². The first-order valence-electron chi connectivity index (χ1n) is 8.96. The van der Waals surface area contributed by atoms with Crippen molar-refractivity contribution in [1.82, 2.24) is 10.2 Å². The van der Waals surface area contributed by atoms with E-state index in [-0.39, 0.29) is 23.4 Å². The van der Waals surface area contributed by atoms with Gasteiger partial charge in [0.1, 0.15) is 0 Å². The highest BCUT2D eigenvalue weighted by atomic mass is 16.2. The molecule has 3 rings (SSSR count). The molecule has 1 saturated heterocycles. The fraction of sp³-hybridized carbons (Fsp3) is 0.579. The summed E-state index contributed by atoms with van der Waals surface area (Å²) in [5.41, 5.74) is 7.15. The Morgan fingerprint density at radius 3 is 2.62 bits per heavy atom. The van der Waals surface area contributed by atoms with Gasteiger partial charge >= 0.3 is 11.8 Å². The molecule has 0 radical (unpaired) electrons. The van der Waals surface area contributed by atoms with Gasteiger partial charge in [-0.1, -0.05) is 37.3 Å². The number of rotatable bonds is 4. The standard InChI is InChI=1S/C19H27N3O2/c1-2-16-9-6-10-22(16)18(24)17(23)21-15-11-19(12-15,13-20)14-7-4-3-5-8-14/h3-5,7-8,15-16H,2,6,9-13,20H2,1H3,(H,21,23)/t15?,16-,19?/m0/s1. The molecule has 5 heteroatoms. The average Bonchev–Trinajstić information content (AvgIpc) is 3.06. The minimum Gasteiger partial charge on any atom is -0.345 e. The Morgan fingerprint density at radius 2 is 2.00 bits per heavy atom. The maximum atomic E-state index is 12.4. The maximum absolute atomic E-state index is 12.4. The van der Waals surface area contributed by atoms with E-state index in [2.05, 4.69) is 24.4 Å². The second-order valence-electron chi connectivity index (χ2n) is 7.13. The van der Waals surface area contributed by atoms with Crippen molar-refractivity contribution in [3.8, 4) is 0 Å². The van der Waals surface area contributed by atoms with Gasteiger partial charge in [0.05, 0.1) is 0 Å². The van der Waals surface area contributed by atoms with Crippen LogP contribution in [0.1, 0.15) is 44.6 Å². The number of nitrogens with zero attached hydrogens (tertiary/aromatic N) is 1. The summed E-state index contributed by atoms with van der Waals surface area (Å²) >= 11 is 0. The number of carbonyl (C=O) groups is 2. The summed E-state index contributed by atoms with van der Waals surface area (Å²) in [5, 5.41) is 2.91. The van der Waals surface area contributed by atoms with Crippen molar-refractivity contribution in [3.05, 3.63) is 35.9 Å². The van der Waals surface area contributed by atoms with E-state index in [9.17, 15) is 9.59 Å². The van der Waals surface area contributed by atoms with Crippen LogP contribution in [0.25, 0.3) is 0 Å². The third-order valence-electron chi connectivity index (χ3n) is 5.69. The summed E-state index contributed by atoms with van der Waals surface area (Å²) < 4.78 is 0. The molecule has 1 aliphatic carbocycles. The fourth-order valence-corrected chi connectivity index (χ4v) is 4.20. The molecule has 130 valence electrons. The topological polar surface area (TPSA) is 75.4 Å². The van der Waals surface area contributed by atoms with Gasteiger partial charge in [-0.2, -0.15) is 0 Å². The predicted molar refractivity (Wildman–Crippen MR) is 93.4 cm³/mol. The summed E-state index contributed by atoms with van der Waals surface area (Å²) in [4.78, 5) is 26.4. The van der Waals surface area contributed by atoms with Gasteiger partial charge < -0.3 is 16.0 Å². The quantitative estimate of drug-likeness (QED) is 0.823. The van der Waals surface area contributed by atoms with E-state index in [1.807, 2.05) is 18.2 Å². The van der Waals surface area contributed by atoms with E-state index in [1.54, 1.807) is 4.90 Å². The van der Waals surface area contributed by atoms with Crippen molar-refractivity contribution in [2.24, 2.45) is 5.73 Å². The number of nitrogens with one attached hydrogen (secondary N) is 1. The first-order valence-corrected chi connectivity index (χ1v) is 8.96. The van der Waals surface area contributed by atoms with Gasteiger partial charge in [0.2, 0.25) is 0 Å². The molecule has 0 unspecified atom stereocenters. The second kappa shape index (κ2) is 6.93. The molecule has 1 aromatic rings. The molecule has 24 heavy (non-hydrogen) atoms. The molecule has 3 N–H and O–H groups in total. The molecule has 1 aromatic carbocycles. The SMILES string of the molecule is CC[C@H]1CCCN1C(=O)C(=O)NC1CC(CN)(c2ccccc2)C1. The number of carbonyl (C=O) groups excluding carboxylic acids is 2. The zero-order valence-corrected chi connectivity index (χ0v) is 14.3. The van der Waals surface area contributed by atoms with Gasteiger partial charge in [0.25, 0.3) is 0 Å². The third-order valence-corrected chi connectivity index (χ3v) is 5.69.